The Kier molecular flexibility index (Phi) is 5.17. The zero-order valence-corrected chi connectivity index (χ0v) is 15.0. The van der Waals surface area contributed by atoms with E-state index in [1.54, 1.807) is 0 Å². The fourth-order valence-electron chi connectivity index (χ4n) is 4.06. The van der Waals surface area contributed by atoms with E-state index in [9.17, 15) is 0 Å². The number of benzene rings is 2. The molecule has 130 valence electrons. The second-order valence-electron chi connectivity index (χ2n) is 7.26. The van der Waals surface area contributed by atoms with Crippen LogP contribution in [0.2, 0.25) is 0 Å². The topological polar surface area (TPSA) is 6.48 Å². The number of anilines is 1. The maximum Gasteiger partial charge on any atom is 0.0710 e. The molecule has 2 heterocycles. The lowest BCUT2D eigenvalue weighted by Crippen LogP contribution is -2.41. The summed E-state index contributed by atoms with van der Waals surface area (Å²) < 4.78 is 0. The molecule has 0 radical (unpaired) electrons. The number of aryl methyl sites for hydroxylation is 1. The van der Waals surface area contributed by atoms with Gasteiger partial charge in [-0.1, -0.05) is 61.0 Å². The highest BCUT2D eigenvalue weighted by molar-refractivity contribution is 5.61. The first kappa shape index (κ1) is 16.4. The van der Waals surface area contributed by atoms with Gasteiger partial charge < -0.3 is 4.90 Å². The molecule has 0 saturated carbocycles. The summed E-state index contributed by atoms with van der Waals surface area (Å²) in [5.41, 5.74) is 2.83. The van der Waals surface area contributed by atoms with Crippen LogP contribution in [0.25, 0.3) is 12.2 Å². The van der Waals surface area contributed by atoms with Crippen molar-refractivity contribution in [1.82, 2.24) is 4.90 Å². The highest BCUT2D eigenvalue weighted by atomic mass is 15.3. The first-order valence-electron chi connectivity index (χ1n) is 9.71. The number of hydrogen-bond donors (Lipinski definition) is 0. The molecule has 2 nitrogen and oxygen atoms in total. The van der Waals surface area contributed by atoms with Gasteiger partial charge in [-0.15, -0.1) is 0 Å². The van der Waals surface area contributed by atoms with Gasteiger partial charge in [0.05, 0.1) is 6.67 Å². The monoisotopic (exact) mass is 332 g/mol. The van der Waals surface area contributed by atoms with E-state index in [-0.39, 0.29) is 0 Å². The third-order valence-corrected chi connectivity index (χ3v) is 5.43. The van der Waals surface area contributed by atoms with Gasteiger partial charge in [0.2, 0.25) is 0 Å². The Labute approximate surface area is 151 Å². The molecule has 0 aliphatic carbocycles. The summed E-state index contributed by atoms with van der Waals surface area (Å²) in [4.78, 5) is 5.15. The van der Waals surface area contributed by atoms with Crippen molar-refractivity contribution in [3.05, 3.63) is 64.5 Å². The van der Waals surface area contributed by atoms with E-state index < -0.39 is 0 Å². The van der Waals surface area contributed by atoms with Crippen molar-refractivity contribution >= 4 is 17.8 Å². The van der Waals surface area contributed by atoms with E-state index in [1.165, 1.54) is 54.0 Å². The highest BCUT2D eigenvalue weighted by Crippen LogP contribution is 2.15. The van der Waals surface area contributed by atoms with E-state index in [2.05, 4.69) is 70.5 Å². The van der Waals surface area contributed by atoms with Crippen molar-refractivity contribution in [3.8, 4) is 0 Å². The summed E-state index contributed by atoms with van der Waals surface area (Å²) in [6.45, 7) is 4.65. The smallest absolute Gasteiger partial charge is 0.0710 e. The second-order valence-corrected chi connectivity index (χ2v) is 7.26. The summed E-state index contributed by atoms with van der Waals surface area (Å²) in [5, 5.41) is 2.84. The Morgan fingerprint density at radius 1 is 0.880 bits per heavy atom. The number of rotatable bonds is 5. The van der Waals surface area contributed by atoms with E-state index in [4.69, 9.17) is 0 Å². The van der Waals surface area contributed by atoms with E-state index in [0.717, 1.165) is 26.1 Å². The molecular formula is C23H28N2. The van der Waals surface area contributed by atoms with Crippen LogP contribution < -0.4 is 15.3 Å². The highest BCUT2D eigenvalue weighted by Gasteiger charge is 2.17. The van der Waals surface area contributed by atoms with Crippen LogP contribution in [0.5, 0.6) is 0 Å². The van der Waals surface area contributed by atoms with Crippen LogP contribution in [0, 0.1) is 0 Å². The Bertz CT molecular complexity index is 804. The standard InChI is InChI=1S/C23H28N2/c1-3-9-20(10-4-1)11-7-12-21-13-8-14-23-22(21)15-18-25(23)19-24-16-5-2-6-17-24/h1,3-4,8-10,12-15H,2,5-7,11,16-19H2. The minimum absolute atomic E-state index is 1.05. The summed E-state index contributed by atoms with van der Waals surface area (Å²) in [5.74, 6) is 0. The number of hydrogen-bond acceptors (Lipinski definition) is 2. The fourth-order valence-corrected chi connectivity index (χ4v) is 4.06. The molecule has 1 saturated heterocycles. The van der Waals surface area contributed by atoms with Gasteiger partial charge in [0, 0.05) is 17.5 Å². The molecule has 4 rings (SSSR count). The molecule has 0 atom stereocenters. The molecule has 2 aliphatic rings. The van der Waals surface area contributed by atoms with Crippen LogP contribution in [0.3, 0.4) is 0 Å². The normalized spacial score (nSPS) is 18.2. The number of likely N-dealkylation sites (tertiary alicyclic amines) is 1. The molecule has 2 aromatic carbocycles. The summed E-state index contributed by atoms with van der Waals surface area (Å²) in [6.07, 6.45) is 11.2. The van der Waals surface area contributed by atoms with E-state index >= 15 is 0 Å². The van der Waals surface area contributed by atoms with Gasteiger partial charge in [0.25, 0.3) is 0 Å². The van der Waals surface area contributed by atoms with Crippen molar-refractivity contribution in [2.45, 2.75) is 32.1 Å². The van der Waals surface area contributed by atoms with Gasteiger partial charge in [0.15, 0.2) is 0 Å². The quantitative estimate of drug-likeness (QED) is 0.830. The molecule has 2 heteroatoms. The Morgan fingerprint density at radius 2 is 1.72 bits per heavy atom. The molecule has 0 amide bonds. The average molecular weight is 332 g/mol. The minimum Gasteiger partial charge on any atom is -0.354 e. The van der Waals surface area contributed by atoms with Crippen LogP contribution in [0.15, 0.2) is 48.5 Å². The molecular weight excluding hydrogens is 304 g/mol. The first-order chi connectivity index (χ1) is 12.4. The van der Waals surface area contributed by atoms with Gasteiger partial charge in [-0.05, 0) is 55.6 Å². The molecule has 0 N–H and O–H groups in total. The van der Waals surface area contributed by atoms with E-state index in [0.29, 0.717) is 0 Å². The number of piperidine rings is 1. The second kappa shape index (κ2) is 7.88. The van der Waals surface area contributed by atoms with Crippen LogP contribution in [-0.2, 0) is 6.42 Å². The van der Waals surface area contributed by atoms with Crippen molar-refractivity contribution in [1.29, 1.82) is 0 Å². The van der Waals surface area contributed by atoms with Gasteiger partial charge in [-0.25, -0.2) is 0 Å². The molecule has 1 fully saturated rings. The number of fused-ring (bicyclic) bond motifs is 1. The maximum absolute atomic E-state index is 2.61. The molecule has 0 aromatic heterocycles. The Balaban J connectivity index is 1.47. The van der Waals surface area contributed by atoms with E-state index in [1.807, 2.05) is 0 Å². The van der Waals surface area contributed by atoms with Crippen LogP contribution >= 0.6 is 0 Å². The van der Waals surface area contributed by atoms with Gasteiger partial charge in [-0.3, -0.25) is 4.90 Å². The molecule has 0 spiro atoms. The molecule has 0 unspecified atom stereocenters. The molecule has 0 bridgehead atoms. The van der Waals surface area contributed by atoms with Crippen molar-refractivity contribution < 1.29 is 0 Å². The largest absolute Gasteiger partial charge is 0.354 e. The van der Waals surface area contributed by atoms with Crippen LogP contribution in [0.1, 0.15) is 31.2 Å². The van der Waals surface area contributed by atoms with Gasteiger partial charge in [0.1, 0.15) is 0 Å². The first-order valence-corrected chi connectivity index (χ1v) is 9.71. The maximum atomic E-state index is 2.61. The summed E-state index contributed by atoms with van der Waals surface area (Å²) >= 11 is 0. The van der Waals surface area contributed by atoms with Crippen molar-refractivity contribution in [2.24, 2.45) is 0 Å². The lowest BCUT2D eigenvalue weighted by molar-refractivity contribution is 0.230. The SMILES string of the molecule is C(CCc1ccccc1)=c1cccc2c1=CCN2CN1CCCCC1. The lowest BCUT2D eigenvalue weighted by atomic mass is 10.1. The van der Waals surface area contributed by atoms with Crippen LogP contribution in [-0.4, -0.2) is 31.2 Å². The van der Waals surface area contributed by atoms with Crippen molar-refractivity contribution in [2.75, 3.05) is 31.2 Å². The summed E-state index contributed by atoms with van der Waals surface area (Å²) in [6, 6.07) is 17.6. The minimum atomic E-state index is 1.05. The zero-order chi connectivity index (χ0) is 16.9. The molecule has 2 aromatic rings. The predicted octanol–water partition coefficient (Wildman–Crippen LogP) is 3.14. The predicted molar refractivity (Wildman–Crippen MR) is 107 cm³/mol. The van der Waals surface area contributed by atoms with Crippen LogP contribution in [0.4, 0.5) is 5.69 Å². The third kappa shape index (κ3) is 3.96. The average Bonchev–Trinajstić information content (AvgIpc) is 3.07. The zero-order valence-electron chi connectivity index (χ0n) is 15.0. The lowest BCUT2D eigenvalue weighted by Gasteiger charge is -2.32. The summed E-state index contributed by atoms with van der Waals surface area (Å²) in [7, 11) is 0. The fraction of sp³-hybridized carbons (Fsp3) is 0.391. The third-order valence-electron chi connectivity index (χ3n) is 5.43. The molecule has 2 aliphatic heterocycles. The Hall–Kier alpha value is -2.06. The molecule has 25 heavy (non-hydrogen) atoms. The number of nitrogens with zero attached hydrogens (tertiary/aromatic N) is 2. The Morgan fingerprint density at radius 3 is 2.56 bits per heavy atom. The van der Waals surface area contributed by atoms with Gasteiger partial charge in [-0.2, -0.15) is 0 Å². The van der Waals surface area contributed by atoms with Crippen molar-refractivity contribution in [3.63, 3.8) is 0 Å². The van der Waals surface area contributed by atoms with Gasteiger partial charge >= 0.3 is 0 Å².